The average Bonchev–Trinajstić information content (AvgIpc) is 2.41. The lowest BCUT2D eigenvalue weighted by Gasteiger charge is -2.33. The average molecular weight is 283 g/mol. The van der Waals surface area contributed by atoms with E-state index >= 15 is 0 Å². The number of rotatable bonds is 3. The van der Waals surface area contributed by atoms with Gasteiger partial charge in [-0.05, 0) is 43.9 Å². The van der Waals surface area contributed by atoms with E-state index in [0.29, 0.717) is 11.4 Å². The molecule has 1 unspecified atom stereocenters. The Kier molecular flexibility index (Phi) is 4.28. The zero-order valence-electron chi connectivity index (χ0n) is 11.5. The predicted octanol–water partition coefficient (Wildman–Crippen LogP) is 1.84. The Morgan fingerprint density at radius 2 is 2.05 bits per heavy atom. The lowest BCUT2D eigenvalue weighted by molar-refractivity contribution is 0.155. The first-order valence-corrected chi connectivity index (χ1v) is 8.11. The molecule has 4 nitrogen and oxygen atoms in total. The topological polar surface area (TPSA) is 57.6 Å². The summed E-state index contributed by atoms with van der Waals surface area (Å²) >= 11 is 0. The second-order valence-corrected chi connectivity index (χ2v) is 7.08. The Balaban J connectivity index is 2.43. The number of aliphatic hydroxyl groups is 1. The Bertz CT molecular complexity index is 554. The van der Waals surface area contributed by atoms with Gasteiger partial charge in [0.05, 0.1) is 11.5 Å². The van der Waals surface area contributed by atoms with Crippen molar-refractivity contribution < 1.29 is 13.5 Å². The number of piperidine rings is 1. The number of hydrogen-bond donors (Lipinski definition) is 1. The van der Waals surface area contributed by atoms with Crippen LogP contribution in [0.5, 0.6) is 0 Å². The summed E-state index contributed by atoms with van der Waals surface area (Å²) in [6, 6.07) is 5.18. The van der Waals surface area contributed by atoms with Gasteiger partial charge in [0.1, 0.15) is 0 Å². The van der Waals surface area contributed by atoms with Crippen molar-refractivity contribution in [2.24, 2.45) is 0 Å². The zero-order valence-corrected chi connectivity index (χ0v) is 12.3. The summed E-state index contributed by atoms with van der Waals surface area (Å²) in [6.07, 6.45) is 2.57. The van der Waals surface area contributed by atoms with Gasteiger partial charge in [0.25, 0.3) is 0 Å². The van der Waals surface area contributed by atoms with Crippen LogP contribution >= 0.6 is 0 Å². The fourth-order valence-corrected chi connectivity index (χ4v) is 4.58. The Labute approximate surface area is 115 Å². The van der Waals surface area contributed by atoms with Gasteiger partial charge in [-0.2, -0.15) is 4.31 Å². The van der Waals surface area contributed by atoms with Crippen LogP contribution in [0.4, 0.5) is 0 Å². The van der Waals surface area contributed by atoms with E-state index in [9.17, 15) is 13.5 Å². The maximum absolute atomic E-state index is 12.7. The third-order valence-electron chi connectivity index (χ3n) is 3.71. The van der Waals surface area contributed by atoms with E-state index in [2.05, 4.69) is 0 Å². The Hall–Kier alpha value is -0.910. The first-order valence-electron chi connectivity index (χ1n) is 6.67. The molecule has 0 radical (unpaired) electrons. The van der Waals surface area contributed by atoms with Crippen molar-refractivity contribution >= 4 is 10.0 Å². The Morgan fingerprint density at radius 3 is 2.74 bits per heavy atom. The molecule has 1 aliphatic rings. The van der Waals surface area contributed by atoms with E-state index in [-0.39, 0.29) is 12.6 Å². The molecule has 19 heavy (non-hydrogen) atoms. The molecule has 106 valence electrons. The van der Waals surface area contributed by atoms with Crippen LogP contribution in [0, 0.1) is 13.8 Å². The predicted molar refractivity (Wildman–Crippen MR) is 74.5 cm³/mol. The molecule has 0 saturated carbocycles. The molecule has 1 heterocycles. The molecular formula is C14H21NO3S. The highest BCUT2D eigenvalue weighted by molar-refractivity contribution is 7.89. The smallest absolute Gasteiger partial charge is 0.243 e. The van der Waals surface area contributed by atoms with Crippen LogP contribution in [0.25, 0.3) is 0 Å². The third kappa shape index (κ3) is 2.83. The van der Waals surface area contributed by atoms with Crippen LogP contribution < -0.4 is 0 Å². The second-order valence-electron chi connectivity index (χ2n) is 5.22. The highest BCUT2D eigenvalue weighted by Gasteiger charge is 2.33. The van der Waals surface area contributed by atoms with E-state index in [4.69, 9.17) is 0 Å². The monoisotopic (exact) mass is 283 g/mol. The number of nitrogens with zero attached hydrogens (tertiary/aromatic N) is 1. The summed E-state index contributed by atoms with van der Waals surface area (Å²) in [7, 11) is -3.50. The Morgan fingerprint density at radius 1 is 1.32 bits per heavy atom. The van der Waals surface area contributed by atoms with Crippen molar-refractivity contribution in [3.63, 3.8) is 0 Å². The van der Waals surface area contributed by atoms with Crippen molar-refractivity contribution in [2.45, 2.75) is 44.0 Å². The lowest BCUT2D eigenvalue weighted by atomic mass is 10.1. The number of aryl methyl sites for hydroxylation is 2. The molecule has 1 aliphatic heterocycles. The van der Waals surface area contributed by atoms with Crippen LogP contribution in [0.3, 0.4) is 0 Å². The van der Waals surface area contributed by atoms with Crippen molar-refractivity contribution in [3.05, 3.63) is 29.3 Å². The van der Waals surface area contributed by atoms with Crippen LogP contribution in [-0.2, 0) is 10.0 Å². The van der Waals surface area contributed by atoms with Gasteiger partial charge >= 0.3 is 0 Å². The highest BCUT2D eigenvalue weighted by atomic mass is 32.2. The van der Waals surface area contributed by atoms with Gasteiger partial charge in [-0.3, -0.25) is 0 Å². The van der Waals surface area contributed by atoms with E-state index in [1.807, 2.05) is 26.0 Å². The third-order valence-corrected chi connectivity index (χ3v) is 5.81. The summed E-state index contributed by atoms with van der Waals surface area (Å²) in [5.41, 5.74) is 1.69. The molecule has 2 rings (SSSR count). The van der Waals surface area contributed by atoms with E-state index in [1.54, 1.807) is 6.07 Å². The van der Waals surface area contributed by atoms with E-state index in [0.717, 1.165) is 30.4 Å². The molecular weight excluding hydrogens is 262 g/mol. The van der Waals surface area contributed by atoms with Crippen LogP contribution in [0.2, 0.25) is 0 Å². The maximum atomic E-state index is 12.7. The number of hydrogen-bond acceptors (Lipinski definition) is 3. The first kappa shape index (κ1) is 14.5. The molecule has 1 atom stereocenters. The summed E-state index contributed by atoms with van der Waals surface area (Å²) in [4.78, 5) is 0.368. The van der Waals surface area contributed by atoms with Crippen molar-refractivity contribution in [1.29, 1.82) is 0 Å². The van der Waals surface area contributed by atoms with Crippen LogP contribution in [-0.4, -0.2) is 37.0 Å². The molecule has 1 saturated heterocycles. The van der Waals surface area contributed by atoms with Gasteiger partial charge in [-0.15, -0.1) is 0 Å². The van der Waals surface area contributed by atoms with Gasteiger partial charge in [-0.25, -0.2) is 8.42 Å². The summed E-state index contributed by atoms with van der Waals surface area (Å²) < 4.78 is 27.0. The molecule has 1 fully saturated rings. The van der Waals surface area contributed by atoms with Crippen molar-refractivity contribution in [3.8, 4) is 0 Å². The lowest BCUT2D eigenvalue weighted by Crippen LogP contribution is -2.45. The number of aliphatic hydroxyl groups excluding tert-OH is 1. The fourth-order valence-electron chi connectivity index (χ4n) is 2.58. The normalized spacial score (nSPS) is 21.5. The standard InChI is InChI=1S/C14H21NO3S/c1-11-6-7-12(2)14(9-11)19(17,18)15-8-4-3-5-13(15)10-16/h6-7,9,13,16H,3-5,8,10H2,1-2H3. The maximum Gasteiger partial charge on any atom is 0.243 e. The van der Waals surface area contributed by atoms with Crippen LogP contribution in [0.15, 0.2) is 23.1 Å². The van der Waals surface area contributed by atoms with Gasteiger partial charge < -0.3 is 5.11 Å². The molecule has 5 heteroatoms. The SMILES string of the molecule is Cc1ccc(C)c(S(=O)(=O)N2CCCCC2CO)c1. The molecule has 0 spiro atoms. The fraction of sp³-hybridized carbons (Fsp3) is 0.571. The van der Waals surface area contributed by atoms with Gasteiger partial charge in [0, 0.05) is 12.6 Å². The number of sulfonamides is 1. The van der Waals surface area contributed by atoms with Gasteiger partial charge in [0.15, 0.2) is 0 Å². The number of benzene rings is 1. The minimum absolute atomic E-state index is 0.107. The summed E-state index contributed by atoms with van der Waals surface area (Å²) in [6.45, 7) is 4.09. The van der Waals surface area contributed by atoms with E-state index < -0.39 is 10.0 Å². The second kappa shape index (κ2) is 5.61. The largest absolute Gasteiger partial charge is 0.395 e. The molecule has 0 bridgehead atoms. The quantitative estimate of drug-likeness (QED) is 0.921. The van der Waals surface area contributed by atoms with Crippen molar-refractivity contribution in [1.82, 2.24) is 4.31 Å². The molecule has 0 aliphatic carbocycles. The molecule has 1 aromatic rings. The first-order chi connectivity index (χ1) is 8.96. The minimum Gasteiger partial charge on any atom is -0.395 e. The molecule has 1 N–H and O–H groups in total. The molecule has 0 amide bonds. The minimum atomic E-state index is -3.50. The van der Waals surface area contributed by atoms with E-state index in [1.165, 1.54) is 4.31 Å². The van der Waals surface area contributed by atoms with Gasteiger partial charge in [-0.1, -0.05) is 18.6 Å². The molecule has 1 aromatic carbocycles. The zero-order chi connectivity index (χ0) is 14.0. The summed E-state index contributed by atoms with van der Waals surface area (Å²) in [5, 5.41) is 9.39. The highest BCUT2D eigenvalue weighted by Crippen LogP contribution is 2.27. The summed E-state index contributed by atoms with van der Waals surface area (Å²) in [5.74, 6) is 0. The molecule has 0 aromatic heterocycles. The van der Waals surface area contributed by atoms with Crippen molar-refractivity contribution in [2.75, 3.05) is 13.2 Å². The van der Waals surface area contributed by atoms with Crippen LogP contribution in [0.1, 0.15) is 30.4 Å². The van der Waals surface area contributed by atoms with Gasteiger partial charge in [0.2, 0.25) is 10.0 Å².